The Morgan fingerprint density at radius 1 is 1.52 bits per heavy atom. The van der Waals surface area contributed by atoms with Gasteiger partial charge in [0.05, 0.1) is 10.9 Å². The maximum absolute atomic E-state index is 12.6. The van der Waals surface area contributed by atoms with Crippen molar-refractivity contribution < 1.29 is 4.79 Å². The minimum atomic E-state index is 0. The van der Waals surface area contributed by atoms with Crippen LogP contribution in [0.5, 0.6) is 0 Å². The van der Waals surface area contributed by atoms with Crippen molar-refractivity contribution in [1.82, 2.24) is 4.90 Å². The van der Waals surface area contributed by atoms with Crippen molar-refractivity contribution in [3.63, 3.8) is 0 Å². The molecule has 1 aromatic heterocycles. The highest BCUT2D eigenvalue weighted by atomic mass is 35.5. The third-order valence-corrected chi connectivity index (χ3v) is 4.92. The fourth-order valence-corrected chi connectivity index (χ4v) is 3.83. The van der Waals surface area contributed by atoms with Crippen molar-refractivity contribution in [3.05, 3.63) is 34.0 Å². The SMILES string of the molecule is C=CCN(Cc1ccc(Cl)s1)C(=O)C1CCCC(N)C1.Cl. The molecule has 1 saturated carbocycles. The standard InChI is InChI=1S/C15H21ClN2OS.ClH/c1-2-8-18(10-13-6-7-14(16)20-13)15(19)11-4-3-5-12(17)9-11;/h2,6-7,11-12H,1,3-5,8-10,17H2;1H. The van der Waals surface area contributed by atoms with Gasteiger partial charge in [-0.15, -0.1) is 30.3 Å². The van der Waals surface area contributed by atoms with E-state index in [1.54, 1.807) is 6.08 Å². The van der Waals surface area contributed by atoms with Gasteiger partial charge < -0.3 is 10.6 Å². The Kier molecular flexibility index (Phi) is 7.74. The second-order valence-electron chi connectivity index (χ2n) is 5.34. The molecule has 2 N–H and O–H groups in total. The Bertz CT molecular complexity index is 478. The van der Waals surface area contributed by atoms with E-state index in [0.29, 0.717) is 13.1 Å². The average Bonchev–Trinajstić information content (AvgIpc) is 2.83. The lowest BCUT2D eigenvalue weighted by atomic mass is 9.85. The summed E-state index contributed by atoms with van der Waals surface area (Å²) in [6.07, 6.45) is 5.61. The first-order valence-electron chi connectivity index (χ1n) is 6.99. The van der Waals surface area contributed by atoms with Crippen LogP contribution in [0.25, 0.3) is 0 Å². The molecule has 6 heteroatoms. The molecule has 1 aromatic rings. The number of carbonyl (C=O) groups excluding carboxylic acids is 1. The molecular formula is C15H22Cl2N2OS. The third kappa shape index (κ3) is 5.29. The first kappa shape index (κ1) is 18.5. The number of nitrogens with two attached hydrogens (primary N) is 1. The molecule has 0 bridgehead atoms. The lowest BCUT2D eigenvalue weighted by Crippen LogP contribution is -2.40. The number of rotatable bonds is 5. The molecule has 118 valence electrons. The van der Waals surface area contributed by atoms with E-state index in [4.69, 9.17) is 17.3 Å². The monoisotopic (exact) mass is 348 g/mol. The Hall–Kier alpha value is -0.550. The number of halogens is 2. The molecule has 0 aliphatic heterocycles. The van der Waals surface area contributed by atoms with Gasteiger partial charge in [0.2, 0.25) is 5.91 Å². The van der Waals surface area contributed by atoms with Crippen LogP contribution in [0.2, 0.25) is 4.34 Å². The van der Waals surface area contributed by atoms with Gasteiger partial charge in [-0.25, -0.2) is 0 Å². The van der Waals surface area contributed by atoms with Crippen molar-refractivity contribution in [3.8, 4) is 0 Å². The zero-order valence-electron chi connectivity index (χ0n) is 12.0. The number of thiophene rings is 1. The third-order valence-electron chi connectivity index (χ3n) is 3.70. The van der Waals surface area contributed by atoms with Gasteiger partial charge in [0.25, 0.3) is 0 Å². The Balaban J connectivity index is 0.00000220. The van der Waals surface area contributed by atoms with Gasteiger partial charge >= 0.3 is 0 Å². The summed E-state index contributed by atoms with van der Waals surface area (Å²) in [6.45, 7) is 4.92. The van der Waals surface area contributed by atoms with Crippen molar-refractivity contribution in [2.45, 2.75) is 38.3 Å². The second kappa shape index (κ2) is 8.79. The highest BCUT2D eigenvalue weighted by Crippen LogP contribution is 2.27. The van der Waals surface area contributed by atoms with E-state index < -0.39 is 0 Å². The lowest BCUT2D eigenvalue weighted by molar-refractivity contribution is -0.136. The molecule has 1 amide bonds. The summed E-state index contributed by atoms with van der Waals surface area (Å²) in [6, 6.07) is 4.01. The molecule has 1 heterocycles. The molecule has 1 aliphatic rings. The first-order chi connectivity index (χ1) is 9.60. The molecule has 0 aromatic carbocycles. The van der Waals surface area contributed by atoms with Crippen molar-refractivity contribution in [2.75, 3.05) is 6.54 Å². The molecule has 1 aliphatic carbocycles. The van der Waals surface area contributed by atoms with Crippen LogP contribution in [0.15, 0.2) is 24.8 Å². The maximum atomic E-state index is 12.6. The Morgan fingerprint density at radius 2 is 2.29 bits per heavy atom. The fraction of sp³-hybridized carbons (Fsp3) is 0.533. The average molecular weight is 349 g/mol. The fourth-order valence-electron chi connectivity index (χ4n) is 2.72. The summed E-state index contributed by atoms with van der Waals surface area (Å²) in [5.74, 6) is 0.263. The van der Waals surface area contributed by atoms with Crippen molar-refractivity contribution in [1.29, 1.82) is 0 Å². The molecule has 21 heavy (non-hydrogen) atoms. The number of hydrogen-bond acceptors (Lipinski definition) is 3. The summed E-state index contributed by atoms with van der Waals surface area (Å²) >= 11 is 7.47. The van der Waals surface area contributed by atoms with Crippen LogP contribution >= 0.6 is 35.3 Å². The highest BCUT2D eigenvalue weighted by molar-refractivity contribution is 7.16. The van der Waals surface area contributed by atoms with E-state index in [0.717, 1.165) is 34.9 Å². The van der Waals surface area contributed by atoms with Gasteiger partial charge in [-0.1, -0.05) is 24.1 Å². The predicted molar refractivity (Wildman–Crippen MR) is 92.1 cm³/mol. The minimum Gasteiger partial charge on any atom is -0.334 e. The summed E-state index contributed by atoms with van der Waals surface area (Å²) < 4.78 is 0.755. The summed E-state index contributed by atoms with van der Waals surface area (Å²) in [5, 5.41) is 0. The summed E-state index contributed by atoms with van der Waals surface area (Å²) in [4.78, 5) is 15.6. The maximum Gasteiger partial charge on any atom is 0.226 e. The second-order valence-corrected chi connectivity index (χ2v) is 7.14. The molecule has 1 fully saturated rings. The summed E-state index contributed by atoms with van der Waals surface area (Å²) in [7, 11) is 0. The van der Waals surface area contributed by atoms with Crippen LogP contribution in [0, 0.1) is 5.92 Å². The Morgan fingerprint density at radius 3 is 2.86 bits per heavy atom. The van der Waals surface area contributed by atoms with Crippen LogP contribution < -0.4 is 5.73 Å². The molecule has 2 unspecified atom stereocenters. The van der Waals surface area contributed by atoms with Gasteiger partial charge in [0.1, 0.15) is 0 Å². The zero-order chi connectivity index (χ0) is 14.5. The van der Waals surface area contributed by atoms with Crippen molar-refractivity contribution in [2.24, 2.45) is 11.7 Å². The molecule has 0 radical (unpaired) electrons. The summed E-state index contributed by atoms with van der Waals surface area (Å²) in [5.41, 5.74) is 5.99. The smallest absolute Gasteiger partial charge is 0.226 e. The van der Waals surface area contributed by atoms with Gasteiger partial charge in [-0.05, 0) is 31.4 Å². The Labute approximate surface area is 141 Å². The molecule has 2 atom stereocenters. The largest absolute Gasteiger partial charge is 0.334 e. The van der Waals surface area contributed by atoms with Crippen LogP contribution in [0.4, 0.5) is 0 Å². The van der Waals surface area contributed by atoms with E-state index >= 15 is 0 Å². The van der Waals surface area contributed by atoms with Crippen LogP contribution in [0.3, 0.4) is 0 Å². The number of carbonyl (C=O) groups is 1. The predicted octanol–water partition coefficient (Wildman–Crippen LogP) is 3.86. The highest BCUT2D eigenvalue weighted by Gasteiger charge is 2.28. The molecule has 0 saturated heterocycles. The minimum absolute atomic E-state index is 0. The van der Waals surface area contributed by atoms with E-state index in [-0.39, 0.29) is 30.3 Å². The number of nitrogens with zero attached hydrogens (tertiary/aromatic N) is 1. The molecule has 3 nitrogen and oxygen atoms in total. The van der Waals surface area contributed by atoms with E-state index in [9.17, 15) is 4.79 Å². The number of amides is 1. The first-order valence-corrected chi connectivity index (χ1v) is 8.19. The topological polar surface area (TPSA) is 46.3 Å². The van der Waals surface area contributed by atoms with Crippen molar-refractivity contribution >= 4 is 41.3 Å². The van der Waals surface area contributed by atoms with E-state index in [2.05, 4.69) is 6.58 Å². The lowest BCUT2D eigenvalue weighted by Gasteiger charge is -2.30. The van der Waals surface area contributed by atoms with Gasteiger partial charge in [-0.3, -0.25) is 4.79 Å². The van der Waals surface area contributed by atoms with Gasteiger partial charge in [0.15, 0.2) is 0 Å². The van der Waals surface area contributed by atoms with E-state index in [1.807, 2.05) is 17.0 Å². The van der Waals surface area contributed by atoms with E-state index in [1.165, 1.54) is 11.3 Å². The van der Waals surface area contributed by atoms with Crippen LogP contribution in [0.1, 0.15) is 30.6 Å². The molecule has 2 rings (SSSR count). The normalized spacial score (nSPS) is 21.4. The number of hydrogen-bond donors (Lipinski definition) is 1. The van der Waals surface area contributed by atoms with Gasteiger partial charge in [-0.2, -0.15) is 0 Å². The van der Waals surface area contributed by atoms with Gasteiger partial charge in [0, 0.05) is 23.4 Å². The quantitative estimate of drug-likeness (QED) is 0.821. The van der Waals surface area contributed by atoms with Crippen LogP contribution in [-0.4, -0.2) is 23.4 Å². The van der Waals surface area contributed by atoms with Crippen LogP contribution in [-0.2, 0) is 11.3 Å². The molecule has 0 spiro atoms. The zero-order valence-corrected chi connectivity index (χ0v) is 14.4. The molecular weight excluding hydrogens is 327 g/mol.